The summed E-state index contributed by atoms with van der Waals surface area (Å²) in [6.07, 6.45) is 0.121. The minimum Gasteiger partial charge on any atom is -0.495 e. The summed E-state index contributed by atoms with van der Waals surface area (Å²) >= 11 is 12.4. The number of nitrogens with one attached hydrogen (secondary N) is 1. The number of benzene rings is 2. The molecule has 23 heavy (non-hydrogen) atoms. The van der Waals surface area contributed by atoms with Gasteiger partial charge in [-0.2, -0.15) is 0 Å². The first-order chi connectivity index (χ1) is 11.1. The van der Waals surface area contributed by atoms with Crippen LogP contribution in [0, 0.1) is 0 Å². The molecule has 0 amide bonds. The van der Waals surface area contributed by atoms with Crippen LogP contribution in [0.5, 0.6) is 11.5 Å². The van der Waals surface area contributed by atoms with Gasteiger partial charge in [0.25, 0.3) is 0 Å². The van der Waals surface area contributed by atoms with Gasteiger partial charge in [0.1, 0.15) is 11.5 Å². The van der Waals surface area contributed by atoms with Crippen molar-refractivity contribution in [1.29, 1.82) is 0 Å². The van der Waals surface area contributed by atoms with Crippen LogP contribution in [0.25, 0.3) is 0 Å². The summed E-state index contributed by atoms with van der Waals surface area (Å²) < 4.78 is 10.8. The number of aliphatic hydroxyl groups excluding tert-OH is 1. The second-order valence-corrected chi connectivity index (χ2v) is 6.12. The number of hydrogen-bond donors (Lipinski definition) is 2. The van der Waals surface area contributed by atoms with Crippen molar-refractivity contribution in [3.05, 3.63) is 51.5 Å². The zero-order valence-electron chi connectivity index (χ0n) is 12.6. The first-order valence-corrected chi connectivity index (χ1v) is 8.05. The maximum atomic E-state index is 10.0. The third-order valence-electron chi connectivity index (χ3n) is 3.83. The molecule has 3 rings (SSSR count). The van der Waals surface area contributed by atoms with E-state index in [-0.39, 0.29) is 0 Å². The predicted molar refractivity (Wildman–Crippen MR) is 91.9 cm³/mol. The normalized spacial score (nSPS) is 16.4. The highest BCUT2D eigenvalue weighted by Crippen LogP contribution is 2.38. The van der Waals surface area contributed by atoms with Crippen molar-refractivity contribution in [3.8, 4) is 11.5 Å². The summed E-state index contributed by atoms with van der Waals surface area (Å²) in [5, 5.41) is 14.4. The standard InChI is InChI=1S/C17H17Cl2NO3/c1-22-16-8-12(18)10(7-13(16)19)9-20-14-4-2-3-11-15(21)5-6-23-17(11)14/h2-4,7-8,15,20-21H,5-6,9H2,1H3. The van der Waals surface area contributed by atoms with Crippen LogP contribution in [-0.2, 0) is 6.54 Å². The average Bonchev–Trinajstić information content (AvgIpc) is 2.55. The fourth-order valence-corrected chi connectivity index (χ4v) is 3.08. The Morgan fingerprint density at radius 2 is 2.13 bits per heavy atom. The van der Waals surface area contributed by atoms with Crippen LogP contribution >= 0.6 is 23.2 Å². The highest BCUT2D eigenvalue weighted by Gasteiger charge is 2.21. The van der Waals surface area contributed by atoms with Crippen LogP contribution in [0.15, 0.2) is 30.3 Å². The van der Waals surface area contributed by atoms with E-state index in [1.807, 2.05) is 18.2 Å². The number of anilines is 1. The van der Waals surface area contributed by atoms with E-state index in [0.29, 0.717) is 41.1 Å². The van der Waals surface area contributed by atoms with E-state index < -0.39 is 6.10 Å². The number of fused-ring (bicyclic) bond motifs is 1. The van der Waals surface area contributed by atoms with Crippen molar-refractivity contribution >= 4 is 28.9 Å². The summed E-state index contributed by atoms with van der Waals surface area (Å²) in [7, 11) is 1.55. The number of ether oxygens (including phenoxy) is 2. The van der Waals surface area contributed by atoms with Gasteiger partial charge in [-0.05, 0) is 17.7 Å². The molecule has 1 heterocycles. The average molecular weight is 354 g/mol. The van der Waals surface area contributed by atoms with E-state index in [9.17, 15) is 5.11 Å². The topological polar surface area (TPSA) is 50.7 Å². The molecule has 4 nitrogen and oxygen atoms in total. The van der Waals surface area contributed by atoms with Crippen molar-refractivity contribution in [2.24, 2.45) is 0 Å². The highest BCUT2D eigenvalue weighted by molar-refractivity contribution is 6.34. The molecule has 6 heteroatoms. The van der Waals surface area contributed by atoms with Crippen LogP contribution in [-0.4, -0.2) is 18.8 Å². The molecule has 1 aliphatic heterocycles. The Kier molecular flexibility index (Phi) is 4.85. The molecule has 1 atom stereocenters. The zero-order valence-corrected chi connectivity index (χ0v) is 14.1. The van der Waals surface area contributed by atoms with Crippen LogP contribution < -0.4 is 14.8 Å². The SMILES string of the molecule is COc1cc(Cl)c(CNc2cccc3c2OCCC3O)cc1Cl. The van der Waals surface area contributed by atoms with Gasteiger partial charge in [-0.15, -0.1) is 0 Å². The maximum absolute atomic E-state index is 10.0. The Hall–Kier alpha value is -1.62. The molecule has 2 aromatic rings. The van der Waals surface area contributed by atoms with Crippen molar-refractivity contribution < 1.29 is 14.6 Å². The quantitative estimate of drug-likeness (QED) is 0.853. The Morgan fingerprint density at radius 3 is 2.91 bits per heavy atom. The monoisotopic (exact) mass is 353 g/mol. The molecule has 0 aromatic heterocycles. The molecule has 1 unspecified atom stereocenters. The Balaban J connectivity index is 1.82. The number of rotatable bonds is 4. The van der Waals surface area contributed by atoms with Crippen molar-refractivity contribution in [3.63, 3.8) is 0 Å². The van der Waals surface area contributed by atoms with Crippen LogP contribution in [0.4, 0.5) is 5.69 Å². The fourth-order valence-electron chi connectivity index (χ4n) is 2.60. The largest absolute Gasteiger partial charge is 0.495 e. The molecule has 122 valence electrons. The summed E-state index contributed by atoms with van der Waals surface area (Å²) in [5.41, 5.74) is 2.48. The van der Waals surface area contributed by atoms with E-state index in [4.69, 9.17) is 32.7 Å². The lowest BCUT2D eigenvalue weighted by molar-refractivity contribution is 0.116. The van der Waals surface area contributed by atoms with E-state index in [1.54, 1.807) is 19.2 Å². The molecular formula is C17H17Cl2NO3. The molecule has 2 aromatic carbocycles. The second-order valence-electron chi connectivity index (χ2n) is 5.31. The molecular weight excluding hydrogens is 337 g/mol. The van der Waals surface area contributed by atoms with Gasteiger partial charge in [0, 0.05) is 29.6 Å². The molecule has 2 N–H and O–H groups in total. The van der Waals surface area contributed by atoms with Gasteiger partial charge in [-0.3, -0.25) is 0 Å². The molecule has 0 spiro atoms. The number of methoxy groups -OCH3 is 1. The molecule has 0 bridgehead atoms. The third-order valence-corrected chi connectivity index (χ3v) is 4.48. The maximum Gasteiger partial charge on any atom is 0.148 e. The number of aliphatic hydroxyl groups is 1. The van der Waals surface area contributed by atoms with Crippen molar-refractivity contribution in [1.82, 2.24) is 0 Å². The van der Waals surface area contributed by atoms with Gasteiger partial charge in [0.2, 0.25) is 0 Å². The Bertz CT molecular complexity index is 721. The minimum absolute atomic E-state index is 0.485. The van der Waals surface area contributed by atoms with Gasteiger partial charge >= 0.3 is 0 Å². The van der Waals surface area contributed by atoms with Gasteiger partial charge in [0.05, 0.1) is 30.5 Å². The minimum atomic E-state index is -0.487. The van der Waals surface area contributed by atoms with Crippen LogP contribution in [0.2, 0.25) is 10.0 Å². The number of hydrogen-bond acceptors (Lipinski definition) is 4. The lowest BCUT2D eigenvalue weighted by atomic mass is 10.0. The van der Waals surface area contributed by atoms with E-state index in [2.05, 4.69) is 5.32 Å². The highest BCUT2D eigenvalue weighted by atomic mass is 35.5. The van der Waals surface area contributed by atoms with Crippen LogP contribution in [0.3, 0.4) is 0 Å². The number of para-hydroxylation sites is 1. The van der Waals surface area contributed by atoms with Crippen molar-refractivity contribution in [2.45, 2.75) is 19.1 Å². The third kappa shape index (κ3) is 3.34. The summed E-state index contributed by atoms with van der Waals surface area (Å²) in [5.74, 6) is 1.24. The van der Waals surface area contributed by atoms with Gasteiger partial charge in [-0.1, -0.05) is 35.3 Å². The fraction of sp³-hybridized carbons (Fsp3) is 0.294. The molecule has 0 saturated heterocycles. The summed E-state index contributed by atoms with van der Waals surface area (Å²) in [4.78, 5) is 0. The molecule has 0 radical (unpaired) electrons. The van der Waals surface area contributed by atoms with Gasteiger partial charge in [-0.25, -0.2) is 0 Å². The summed E-state index contributed by atoms with van der Waals surface area (Å²) in [6.45, 7) is 0.987. The number of halogens is 2. The second kappa shape index (κ2) is 6.87. The predicted octanol–water partition coefficient (Wildman–Crippen LogP) is 4.43. The Labute approximate surface area is 144 Å². The molecule has 0 saturated carbocycles. The van der Waals surface area contributed by atoms with Gasteiger partial charge in [0.15, 0.2) is 0 Å². The Morgan fingerprint density at radius 1 is 1.30 bits per heavy atom. The zero-order chi connectivity index (χ0) is 16.4. The molecule has 0 aliphatic carbocycles. The molecule has 0 fully saturated rings. The van der Waals surface area contributed by atoms with E-state index >= 15 is 0 Å². The smallest absolute Gasteiger partial charge is 0.148 e. The summed E-state index contributed by atoms with van der Waals surface area (Å²) in [6, 6.07) is 9.15. The van der Waals surface area contributed by atoms with E-state index in [1.165, 1.54) is 0 Å². The van der Waals surface area contributed by atoms with Crippen molar-refractivity contribution in [2.75, 3.05) is 19.0 Å². The lowest BCUT2D eigenvalue weighted by Crippen LogP contribution is -2.15. The van der Waals surface area contributed by atoms with Crippen LogP contribution in [0.1, 0.15) is 23.7 Å². The first-order valence-electron chi connectivity index (χ1n) is 7.29. The first kappa shape index (κ1) is 16.2. The lowest BCUT2D eigenvalue weighted by Gasteiger charge is -2.24. The van der Waals surface area contributed by atoms with Gasteiger partial charge < -0.3 is 19.9 Å². The van der Waals surface area contributed by atoms with E-state index in [0.717, 1.165) is 16.8 Å². The molecule has 1 aliphatic rings.